The summed E-state index contributed by atoms with van der Waals surface area (Å²) in [4.78, 5) is 57.2. The maximum atomic E-state index is 14.2. The van der Waals surface area contributed by atoms with Gasteiger partial charge in [-0.15, -0.1) is 0 Å². The number of nitrogens with zero attached hydrogens (tertiary/aromatic N) is 1. The lowest BCUT2D eigenvalue weighted by Crippen LogP contribution is -2.62. The highest BCUT2D eigenvalue weighted by atomic mass is 16.5. The van der Waals surface area contributed by atoms with Crippen molar-refractivity contribution in [2.45, 2.75) is 69.8 Å². The first-order chi connectivity index (χ1) is 23.2. The molecule has 1 saturated heterocycles. The molecule has 2 bridgehead atoms. The Labute approximate surface area is 282 Å². The summed E-state index contributed by atoms with van der Waals surface area (Å²) in [5, 5.41) is 11.8. The lowest BCUT2D eigenvalue weighted by Gasteiger charge is -2.34. The van der Waals surface area contributed by atoms with Crippen LogP contribution in [0.1, 0.15) is 43.4 Å². The Morgan fingerprint density at radius 3 is 2.23 bits per heavy atom. The number of amides is 4. The van der Waals surface area contributed by atoms with Crippen LogP contribution in [-0.4, -0.2) is 72.4 Å². The normalized spacial score (nSPS) is 22.0. The molecule has 252 valence electrons. The van der Waals surface area contributed by atoms with Gasteiger partial charge in [-0.3, -0.25) is 19.2 Å². The molecule has 10 nitrogen and oxygen atoms in total. The standard InChI is InChI=1S/C38H45N5O5/c1-25(2)34-33(42-36(45)32-15-10-22-43(32)38(47)31(39-3)24-28-13-8-5-9-14-28)37(46)41-30(23-27-11-6-4-7-12-27)35(44)40-21-20-26-16-18-29(48-34)19-17-26/h4-9,11-14,16-21,25,30-34,39H,10,15,22-24H2,1-3H3,(H,40,44)(H,41,46)(H,42,45)/t30-,31+,32-,33-,34-/m1/s1. The van der Waals surface area contributed by atoms with Gasteiger partial charge in [0.1, 0.15) is 30.0 Å². The number of hydrogen-bond acceptors (Lipinski definition) is 6. The van der Waals surface area contributed by atoms with Gasteiger partial charge in [0.25, 0.3) is 0 Å². The Balaban J connectivity index is 1.42. The molecule has 3 heterocycles. The maximum Gasteiger partial charge on any atom is 0.247 e. The van der Waals surface area contributed by atoms with Gasteiger partial charge in [0.15, 0.2) is 0 Å². The average Bonchev–Trinajstić information content (AvgIpc) is 3.59. The van der Waals surface area contributed by atoms with E-state index in [2.05, 4.69) is 21.3 Å². The smallest absolute Gasteiger partial charge is 0.247 e. The Hall–Kier alpha value is -4.96. The number of benzene rings is 3. The van der Waals surface area contributed by atoms with Crippen LogP contribution in [0.4, 0.5) is 0 Å². The maximum absolute atomic E-state index is 14.2. The van der Waals surface area contributed by atoms with Crippen LogP contribution in [0.3, 0.4) is 0 Å². The molecular formula is C38H45N5O5. The third-order valence-corrected chi connectivity index (χ3v) is 8.90. The fourth-order valence-electron chi connectivity index (χ4n) is 6.26. The van der Waals surface area contributed by atoms with E-state index >= 15 is 0 Å². The molecule has 48 heavy (non-hydrogen) atoms. The Morgan fingerprint density at radius 2 is 1.58 bits per heavy atom. The third-order valence-electron chi connectivity index (χ3n) is 8.90. The van der Waals surface area contributed by atoms with Gasteiger partial charge in [-0.05, 0) is 67.1 Å². The zero-order valence-corrected chi connectivity index (χ0v) is 27.7. The zero-order chi connectivity index (χ0) is 34.0. The van der Waals surface area contributed by atoms with Crippen molar-refractivity contribution >= 4 is 29.7 Å². The van der Waals surface area contributed by atoms with Gasteiger partial charge in [0, 0.05) is 19.2 Å². The van der Waals surface area contributed by atoms with Crippen LogP contribution in [0.2, 0.25) is 0 Å². The summed E-state index contributed by atoms with van der Waals surface area (Å²) in [6, 6.07) is 23.1. The monoisotopic (exact) mass is 651 g/mol. The fourth-order valence-corrected chi connectivity index (χ4v) is 6.26. The van der Waals surface area contributed by atoms with Crippen LogP contribution in [-0.2, 0) is 32.0 Å². The van der Waals surface area contributed by atoms with E-state index in [9.17, 15) is 19.2 Å². The quantitative estimate of drug-likeness (QED) is 0.281. The molecule has 0 aromatic heterocycles. The third kappa shape index (κ3) is 8.68. The van der Waals surface area contributed by atoms with Gasteiger partial charge >= 0.3 is 0 Å². The number of ether oxygens (including phenoxy) is 1. The second-order valence-electron chi connectivity index (χ2n) is 12.7. The van der Waals surface area contributed by atoms with Crippen LogP contribution in [0.25, 0.3) is 6.08 Å². The van der Waals surface area contributed by atoms with Crippen LogP contribution >= 0.6 is 0 Å². The van der Waals surface area contributed by atoms with Gasteiger partial charge in [-0.1, -0.05) is 86.6 Å². The number of fused-ring (bicyclic) bond motifs is 10. The molecule has 3 aromatic rings. The molecule has 0 spiro atoms. The van der Waals surface area contributed by atoms with E-state index in [0.29, 0.717) is 31.6 Å². The Morgan fingerprint density at radius 1 is 0.917 bits per heavy atom. The number of nitrogens with one attached hydrogen (secondary N) is 4. The van der Waals surface area contributed by atoms with Crippen molar-refractivity contribution in [1.29, 1.82) is 0 Å². The first-order valence-corrected chi connectivity index (χ1v) is 16.6. The van der Waals surface area contributed by atoms with Crippen molar-refractivity contribution in [3.63, 3.8) is 0 Å². The van der Waals surface area contributed by atoms with E-state index in [4.69, 9.17) is 4.74 Å². The van der Waals surface area contributed by atoms with Gasteiger partial charge in [0.05, 0.1) is 6.04 Å². The molecule has 3 aromatic carbocycles. The van der Waals surface area contributed by atoms with E-state index in [1.54, 1.807) is 36.4 Å². The molecule has 4 N–H and O–H groups in total. The number of carbonyl (C=O) groups is 4. The summed E-state index contributed by atoms with van der Waals surface area (Å²) in [6.45, 7) is 4.26. The SMILES string of the molecule is CN[C@@H](Cc1ccccc1)C(=O)N1CCC[C@@H]1C(=O)N[C@H]1C(=O)N[C@H](Cc2ccccc2)C(=O)NC=Cc2ccc(cc2)O[C@@H]1C(C)C. The molecule has 3 aliphatic rings. The molecule has 3 aliphatic heterocycles. The van der Waals surface area contributed by atoms with Gasteiger partial charge in [-0.25, -0.2) is 0 Å². The summed E-state index contributed by atoms with van der Waals surface area (Å²) in [5.74, 6) is -1.23. The summed E-state index contributed by atoms with van der Waals surface area (Å²) in [6.07, 6.45) is 4.38. The Kier molecular flexibility index (Phi) is 11.6. The molecule has 0 saturated carbocycles. The number of likely N-dealkylation sites (N-methyl/N-ethyl adjacent to an activating group) is 1. The summed E-state index contributed by atoms with van der Waals surface area (Å²) < 4.78 is 6.41. The first-order valence-electron chi connectivity index (χ1n) is 16.6. The number of hydrogen-bond donors (Lipinski definition) is 4. The second-order valence-corrected chi connectivity index (χ2v) is 12.7. The Bertz CT molecular complexity index is 1580. The zero-order valence-electron chi connectivity index (χ0n) is 27.7. The highest BCUT2D eigenvalue weighted by Crippen LogP contribution is 2.23. The molecule has 10 heteroatoms. The van der Waals surface area contributed by atoms with Crippen LogP contribution in [0, 0.1) is 5.92 Å². The van der Waals surface area contributed by atoms with E-state index in [1.165, 1.54) is 0 Å². The molecule has 0 aliphatic carbocycles. The van der Waals surface area contributed by atoms with E-state index < -0.39 is 48.0 Å². The van der Waals surface area contributed by atoms with Gasteiger partial charge < -0.3 is 30.9 Å². The van der Waals surface area contributed by atoms with Crippen molar-refractivity contribution in [2.75, 3.05) is 13.6 Å². The molecule has 1 fully saturated rings. The summed E-state index contributed by atoms with van der Waals surface area (Å²) in [5.41, 5.74) is 2.73. The first kappa shape index (κ1) is 34.4. The minimum absolute atomic E-state index is 0.168. The molecule has 0 radical (unpaired) electrons. The van der Waals surface area contributed by atoms with Crippen molar-refractivity contribution < 1.29 is 23.9 Å². The number of rotatable bonds is 9. The van der Waals surface area contributed by atoms with Crippen molar-refractivity contribution in [3.05, 3.63) is 108 Å². The molecular weight excluding hydrogens is 606 g/mol. The van der Waals surface area contributed by atoms with Crippen LogP contribution in [0.5, 0.6) is 5.75 Å². The average molecular weight is 652 g/mol. The fraction of sp³-hybridized carbons (Fsp3) is 0.368. The minimum Gasteiger partial charge on any atom is -0.487 e. The highest BCUT2D eigenvalue weighted by Gasteiger charge is 2.41. The molecule has 6 rings (SSSR count). The van der Waals surface area contributed by atoms with E-state index in [0.717, 1.165) is 16.7 Å². The van der Waals surface area contributed by atoms with Crippen molar-refractivity contribution in [2.24, 2.45) is 5.92 Å². The molecule has 0 unspecified atom stereocenters. The highest BCUT2D eigenvalue weighted by molar-refractivity contribution is 5.95. The number of carbonyl (C=O) groups excluding carboxylic acids is 4. The van der Waals surface area contributed by atoms with Crippen LogP contribution < -0.4 is 26.0 Å². The van der Waals surface area contributed by atoms with Crippen molar-refractivity contribution in [1.82, 2.24) is 26.2 Å². The van der Waals surface area contributed by atoms with Crippen LogP contribution in [0.15, 0.2) is 91.1 Å². The summed E-state index contributed by atoms with van der Waals surface area (Å²) in [7, 11) is 1.74. The van der Waals surface area contributed by atoms with Crippen molar-refractivity contribution in [3.8, 4) is 5.75 Å². The van der Waals surface area contributed by atoms with Gasteiger partial charge in [0.2, 0.25) is 23.6 Å². The van der Waals surface area contributed by atoms with E-state index in [1.807, 2.05) is 86.6 Å². The van der Waals surface area contributed by atoms with E-state index in [-0.39, 0.29) is 18.2 Å². The second kappa shape index (κ2) is 16.2. The summed E-state index contributed by atoms with van der Waals surface area (Å²) >= 11 is 0. The molecule has 4 amide bonds. The number of likely N-dealkylation sites (tertiary alicyclic amines) is 1. The lowest BCUT2D eigenvalue weighted by molar-refractivity contribution is -0.142. The largest absolute Gasteiger partial charge is 0.487 e. The topological polar surface area (TPSA) is 129 Å². The lowest BCUT2D eigenvalue weighted by atomic mass is 9.96. The van der Waals surface area contributed by atoms with Gasteiger partial charge in [-0.2, -0.15) is 0 Å². The predicted octanol–water partition coefficient (Wildman–Crippen LogP) is 3.22. The minimum atomic E-state index is -1.16. The molecule has 5 atom stereocenters. The predicted molar refractivity (Wildman–Crippen MR) is 185 cm³/mol.